The highest BCUT2D eigenvalue weighted by Crippen LogP contribution is 2.30. The highest BCUT2D eigenvalue weighted by atomic mass is 16.5. The standard InChI is InChI=1S/C15H24N2O3/c1-5-20-13-7-6-11(8-14(13)19-4)17-15(18)12(9-16)10(2)3/h6-8,10,12H,5,9,16H2,1-4H3,(H,17,18). The molecule has 5 heteroatoms. The number of hydrogen-bond donors (Lipinski definition) is 2. The van der Waals surface area contributed by atoms with E-state index in [0.29, 0.717) is 30.3 Å². The molecule has 3 N–H and O–H groups in total. The van der Waals surface area contributed by atoms with E-state index in [1.807, 2.05) is 20.8 Å². The minimum Gasteiger partial charge on any atom is -0.493 e. The Balaban J connectivity index is 2.85. The summed E-state index contributed by atoms with van der Waals surface area (Å²) in [5.41, 5.74) is 6.32. The number of carbonyl (C=O) groups excluding carboxylic acids is 1. The maximum Gasteiger partial charge on any atom is 0.229 e. The van der Waals surface area contributed by atoms with Gasteiger partial charge in [-0.15, -0.1) is 0 Å². The number of hydrogen-bond acceptors (Lipinski definition) is 4. The van der Waals surface area contributed by atoms with Gasteiger partial charge in [-0.25, -0.2) is 0 Å². The first kappa shape index (κ1) is 16.3. The van der Waals surface area contributed by atoms with E-state index >= 15 is 0 Å². The van der Waals surface area contributed by atoms with Gasteiger partial charge in [-0.2, -0.15) is 0 Å². The summed E-state index contributed by atoms with van der Waals surface area (Å²) in [5.74, 6) is 1.18. The van der Waals surface area contributed by atoms with E-state index in [2.05, 4.69) is 5.32 Å². The van der Waals surface area contributed by atoms with Crippen LogP contribution in [0.15, 0.2) is 18.2 Å². The minimum absolute atomic E-state index is 0.0753. The van der Waals surface area contributed by atoms with Gasteiger partial charge in [0.1, 0.15) is 0 Å². The molecule has 0 saturated heterocycles. The van der Waals surface area contributed by atoms with Crippen LogP contribution in [0.5, 0.6) is 11.5 Å². The molecule has 0 spiro atoms. The van der Waals surface area contributed by atoms with Crippen LogP contribution >= 0.6 is 0 Å². The Morgan fingerprint density at radius 1 is 1.35 bits per heavy atom. The molecule has 0 aromatic heterocycles. The first-order valence-electron chi connectivity index (χ1n) is 6.85. The van der Waals surface area contributed by atoms with E-state index in [1.165, 1.54) is 0 Å². The summed E-state index contributed by atoms with van der Waals surface area (Å²) in [7, 11) is 1.57. The monoisotopic (exact) mass is 280 g/mol. The molecule has 1 unspecified atom stereocenters. The molecule has 0 aliphatic rings. The maximum absolute atomic E-state index is 12.1. The zero-order valence-corrected chi connectivity index (χ0v) is 12.6. The first-order chi connectivity index (χ1) is 9.53. The SMILES string of the molecule is CCOc1ccc(NC(=O)C(CN)C(C)C)cc1OC. The van der Waals surface area contributed by atoms with Crippen LogP contribution in [0.2, 0.25) is 0 Å². The number of rotatable bonds is 7. The molecule has 0 heterocycles. The van der Waals surface area contributed by atoms with Crippen LogP contribution in [0.3, 0.4) is 0 Å². The average Bonchev–Trinajstić information content (AvgIpc) is 2.41. The Bertz CT molecular complexity index is 447. The first-order valence-corrected chi connectivity index (χ1v) is 6.85. The summed E-state index contributed by atoms with van der Waals surface area (Å²) >= 11 is 0. The molecule has 0 fully saturated rings. The van der Waals surface area contributed by atoms with Crippen molar-refractivity contribution in [3.05, 3.63) is 18.2 Å². The van der Waals surface area contributed by atoms with E-state index in [1.54, 1.807) is 25.3 Å². The van der Waals surface area contributed by atoms with Crippen molar-refractivity contribution in [3.63, 3.8) is 0 Å². The van der Waals surface area contributed by atoms with Crippen molar-refractivity contribution in [2.75, 3.05) is 25.6 Å². The second kappa shape index (κ2) is 7.75. The highest BCUT2D eigenvalue weighted by molar-refractivity contribution is 5.93. The third kappa shape index (κ3) is 4.13. The second-order valence-electron chi connectivity index (χ2n) is 4.87. The largest absolute Gasteiger partial charge is 0.493 e. The molecule has 20 heavy (non-hydrogen) atoms. The topological polar surface area (TPSA) is 73.6 Å². The number of benzene rings is 1. The molecule has 0 saturated carbocycles. The fraction of sp³-hybridized carbons (Fsp3) is 0.533. The van der Waals surface area contributed by atoms with Crippen LogP contribution in [0.1, 0.15) is 20.8 Å². The van der Waals surface area contributed by atoms with Crippen LogP contribution in [0.4, 0.5) is 5.69 Å². The summed E-state index contributed by atoms with van der Waals surface area (Å²) in [6.45, 7) is 6.76. The lowest BCUT2D eigenvalue weighted by molar-refractivity contribution is -0.120. The van der Waals surface area contributed by atoms with Crippen molar-refractivity contribution in [3.8, 4) is 11.5 Å². The molecular weight excluding hydrogens is 256 g/mol. The normalized spacial score (nSPS) is 12.1. The molecule has 0 aliphatic heterocycles. The van der Waals surface area contributed by atoms with Crippen molar-refractivity contribution in [1.82, 2.24) is 0 Å². The summed E-state index contributed by atoms with van der Waals surface area (Å²) in [4.78, 5) is 12.1. The van der Waals surface area contributed by atoms with Crippen LogP contribution in [0.25, 0.3) is 0 Å². The van der Waals surface area contributed by atoms with Crippen molar-refractivity contribution in [2.24, 2.45) is 17.6 Å². The Kier molecular flexibility index (Phi) is 6.31. The van der Waals surface area contributed by atoms with Crippen molar-refractivity contribution in [2.45, 2.75) is 20.8 Å². The quantitative estimate of drug-likeness (QED) is 0.803. The Morgan fingerprint density at radius 3 is 2.55 bits per heavy atom. The number of ether oxygens (including phenoxy) is 2. The van der Waals surface area contributed by atoms with Crippen molar-refractivity contribution < 1.29 is 14.3 Å². The third-order valence-electron chi connectivity index (χ3n) is 3.13. The smallest absolute Gasteiger partial charge is 0.229 e. The molecule has 5 nitrogen and oxygen atoms in total. The second-order valence-corrected chi connectivity index (χ2v) is 4.87. The molecule has 1 aromatic carbocycles. The summed E-state index contributed by atoms with van der Waals surface area (Å²) < 4.78 is 10.7. The van der Waals surface area contributed by atoms with Crippen molar-refractivity contribution >= 4 is 11.6 Å². The van der Waals surface area contributed by atoms with Gasteiger partial charge in [0.25, 0.3) is 0 Å². The lowest BCUT2D eigenvalue weighted by Gasteiger charge is -2.19. The number of anilines is 1. The van der Waals surface area contributed by atoms with Gasteiger partial charge < -0.3 is 20.5 Å². The van der Waals surface area contributed by atoms with E-state index in [9.17, 15) is 4.79 Å². The summed E-state index contributed by atoms with van der Waals surface area (Å²) in [5, 5.41) is 2.86. The molecular formula is C15H24N2O3. The maximum atomic E-state index is 12.1. The van der Waals surface area contributed by atoms with Crippen LogP contribution < -0.4 is 20.5 Å². The molecule has 1 amide bonds. The van der Waals surface area contributed by atoms with Gasteiger partial charge >= 0.3 is 0 Å². The van der Waals surface area contributed by atoms with Gasteiger partial charge in [-0.1, -0.05) is 13.8 Å². The van der Waals surface area contributed by atoms with E-state index in [4.69, 9.17) is 15.2 Å². The third-order valence-corrected chi connectivity index (χ3v) is 3.13. The van der Waals surface area contributed by atoms with Gasteiger partial charge in [0, 0.05) is 18.3 Å². The number of methoxy groups -OCH3 is 1. The Morgan fingerprint density at radius 2 is 2.05 bits per heavy atom. The van der Waals surface area contributed by atoms with Gasteiger partial charge in [-0.3, -0.25) is 4.79 Å². The molecule has 0 bridgehead atoms. The molecule has 1 aromatic rings. The number of carbonyl (C=O) groups is 1. The number of nitrogens with one attached hydrogen (secondary N) is 1. The highest BCUT2D eigenvalue weighted by Gasteiger charge is 2.20. The lowest BCUT2D eigenvalue weighted by atomic mass is 9.95. The van der Waals surface area contributed by atoms with Gasteiger partial charge in [-0.05, 0) is 25.0 Å². The fourth-order valence-corrected chi connectivity index (χ4v) is 1.94. The van der Waals surface area contributed by atoms with Gasteiger partial charge in [0.15, 0.2) is 11.5 Å². The van der Waals surface area contributed by atoms with Crippen LogP contribution in [-0.2, 0) is 4.79 Å². The lowest BCUT2D eigenvalue weighted by Crippen LogP contribution is -2.33. The predicted molar refractivity (Wildman–Crippen MR) is 80.2 cm³/mol. The zero-order valence-electron chi connectivity index (χ0n) is 12.6. The molecule has 0 radical (unpaired) electrons. The summed E-state index contributed by atoms with van der Waals surface area (Å²) in [6, 6.07) is 5.32. The van der Waals surface area contributed by atoms with E-state index in [0.717, 1.165) is 0 Å². The van der Waals surface area contributed by atoms with Gasteiger partial charge in [0.05, 0.1) is 19.6 Å². The van der Waals surface area contributed by atoms with Crippen molar-refractivity contribution in [1.29, 1.82) is 0 Å². The Labute approximate surface area is 120 Å². The molecule has 112 valence electrons. The summed E-state index contributed by atoms with van der Waals surface area (Å²) in [6.07, 6.45) is 0. The number of amides is 1. The average molecular weight is 280 g/mol. The molecule has 1 rings (SSSR count). The zero-order chi connectivity index (χ0) is 15.1. The fourth-order valence-electron chi connectivity index (χ4n) is 1.94. The molecule has 0 aliphatic carbocycles. The van der Waals surface area contributed by atoms with E-state index in [-0.39, 0.29) is 17.7 Å². The minimum atomic E-state index is -0.201. The number of nitrogens with two attached hydrogens (primary N) is 1. The molecule has 1 atom stereocenters. The van der Waals surface area contributed by atoms with Crippen LogP contribution in [0, 0.1) is 11.8 Å². The Hall–Kier alpha value is -1.75. The van der Waals surface area contributed by atoms with Crippen LogP contribution in [-0.4, -0.2) is 26.2 Å². The predicted octanol–water partition coefficient (Wildman–Crippen LogP) is 2.26. The van der Waals surface area contributed by atoms with Gasteiger partial charge in [0.2, 0.25) is 5.91 Å². The van der Waals surface area contributed by atoms with E-state index < -0.39 is 0 Å².